The average Bonchev–Trinajstić information content (AvgIpc) is 3.39. The van der Waals surface area contributed by atoms with Crippen LogP contribution in [0.3, 0.4) is 0 Å². The molecule has 0 aliphatic carbocycles. The summed E-state index contributed by atoms with van der Waals surface area (Å²) in [4.78, 5) is 16.9. The molecule has 3 heterocycles. The van der Waals surface area contributed by atoms with Gasteiger partial charge in [-0.3, -0.25) is 4.79 Å². The van der Waals surface area contributed by atoms with Gasteiger partial charge in [-0.05, 0) is 43.5 Å². The van der Waals surface area contributed by atoms with Gasteiger partial charge < -0.3 is 9.64 Å². The molecule has 0 radical (unpaired) electrons. The molecule has 158 valence electrons. The predicted molar refractivity (Wildman–Crippen MR) is 124 cm³/mol. The van der Waals surface area contributed by atoms with Crippen molar-refractivity contribution in [1.82, 2.24) is 14.7 Å². The highest BCUT2D eigenvalue weighted by atomic mass is 32.1. The van der Waals surface area contributed by atoms with Gasteiger partial charge in [-0.25, -0.2) is 4.68 Å². The Morgan fingerprint density at radius 2 is 1.74 bits per heavy atom. The Kier molecular flexibility index (Phi) is 5.57. The van der Waals surface area contributed by atoms with Crippen molar-refractivity contribution in [3.8, 4) is 5.69 Å². The van der Waals surface area contributed by atoms with Crippen LogP contribution in [0.1, 0.15) is 33.8 Å². The molecule has 0 unspecified atom stereocenters. The monoisotopic (exact) mass is 431 g/mol. The van der Waals surface area contributed by atoms with E-state index < -0.39 is 0 Å². The second-order valence-corrected chi connectivity index (χ2v) is 8.98. The first-order valence-electron chi connectivity index (χ1n) is 10.7. The standard InChI is InChI=1S/C25H25N3O2S/c1-18-22-16-23(31-25(22)28(26-18)20-10-6-3-7-11-20)24(29)27-14-12-21(13-15-27)30-17-19-8-4-2-5-9-19/h2-11,16,21H,12-15,17H2,1H3. The highest BCUT2D eigenvalue weighted by Crippen LogP contribution is 2.31. The van der Waals surface area contributed by atoms with Crippen LogP contribution >= 0.6 is 11.3 Å². The van der Waals surface area contributed by atoms with Gasteiger partial charge in [-0.15, -0.1) is 11.3 Å². The van der Waals surface area contributed by atoms with E-state index in [2.05, 4.69) is 17.2 Å². The van der Waals surface area contributed by atoms with Crippen LogP contribution in [0.4, 0.5) is 0 Å². The van der Waals surface area contributed by atoms with Crippen molar-refractivity contribution in [3.05, 3.63) is 82.9 Å². The highest BCUT2D eigenvalue weighted by Gasteiger charge is 2.26. The van der Waals surface area contributed by atoms with Crippen molar-refractivity contribution >= 4 is 27.5 Å². The van der Waals surface area contributed by atoms with Crippen molar-refractivity contribution in [2.24, 2.45) is 0 Å². The number of piperidine rings is 1. The molecule has 1 aliphatic heterocycles. The molecule has 2 aromatic carbocycles. The molecule has 31 heavy (non-hydrogen) atoms. The first-order valence-corrected chi connectivity index (χ1v) is 11.5. The first kappa shape index (κ1) is 20.0. The topological polar surface area (TPSA) is 47.4 Å². The fourth-order valence-electron chi connectivity index (χ4n) is 4.07. The summed E-state index contributed by atoms with van der Waals surface area (Å²) < 4.78 is 8.01. The Labute approximate surface area is 185 Å². The Balaban J connectivity index is 1.26. The normalized spacial score (nSPS) is 14.9. The van der Waals surface area contributed by atoms with Crippen molar-refractivity contribution in [3.63, 3.8) is 0 Å². The molecule has 5 rings (SSSR count). The molecule has 0 spiro atoms. The van der Waals surface area contributed by atoms with E-state index in [9.17, 15) is 4.79 Å². The van der Waals surface area contributed by atoms with Crippen LogP contribution in [0.25, 0.3) is 15.9 Å². The minimum absolute atomic E-state index is 0.113. The minimum atomic E-state index is 0.113. The lowest BCUT2D eigenvalue weighted by Gasteiger charge is -2.31. The van der Waals surface area contributed by atoms with Crippen LogP contribution in [0, 0.1) is 6.92 Å². The molecule has 1 saturated heterocycles. The molecule has 0 atom stereocenters. The van der Waals surface area contributed by atoms with E-state index in [-0.39, 0.29) is 12.0 Å². The highest BCUT2D eigenvalue weighted by molar-refractivity contribution is 7.20. The van der Waals surface area contributed by atoms with Crippen LogP contribution in [0.15, 0.2) is 66.7 Å². The van der Waals surface area contributed by atoms with Gasteiger partial charge in [0.25, 0.3) is 5.91 Å². The molecule has 0 saturated carbocycles. The number of amides is 1. The number of hydrogen-bond acceptors (Lipinski definition) is 4. The number of hydrogen-bond donors (Lipinski definition) is 0. The van der Waals surface area contributed by atoms with Gasteiger partial charge in [0, 0.05) is 18.5 Å². The van der Waals surface area contributed by atoms with Crippen LogP contribution < -0.4 is 0 Å². The van der Waals surface area contributed by atoms with E-state index in [1.165, 1.54) is 16.9 Å². The fraction of sp³-hybridized carbons (Fsp3) is 0.280. The van der Waals surface area contributed by atoms with E-state index in [4.69, 9.17) is 4.74 Å². The number of likely N-dealkylation sites (tertiary alicyclic amines) is 1. The van der Waals surface area contributed by atoms with E-state index in [1.54, 1.807) is 0 Å². The Morgan fingerprint density at radius 1 is 1.06 bits per heavy atom. The summed E-state index contributed by atoms with van der Waals surface area (Å²) >= 11 is 1.53. The largest absolute Gasteiger partial charge is 0.373 e. The van der Waals surface area contributed by atoms with E-state index in [0.717, 1.165) is 52.4 Å². The maximum absolute atomic E-state index is 13.2. The summed E-state index contributed by atoms with van der Waals surface area (Å²) in [5.74, 6) is 0.113. The number of nitrogens with zero attached hydrogens (tertiary/aromatic N) is 3. The summed E-state index contributed by atoms with van der Waals surface area (Å²) in [6.45, 7) is 4.09. The van der Waals surface area contributed by atoms with Crippen LogP contribution in [-0.4, -0.2) is 39.8 Å². The average molecular weight is 432 g/mol. The van der Waals surface area contributed by atoms with E-state index in [0.29, 0.717) is 6.61 Å². The summed E-state index contributed by atoms with van der Waals surface area (Å²) in [7, 11) is 0. The van der Waals surface area contributed by atoms with Crippen molar-refractivity contribution in [2.45, 2.75) is 32.5 Å². The number of thiophene rings is 1. The Morgan fingerprint density at radius 3 is 2.45 bits per heavy atom. The molecule has 5 nitrogen and oxygen atoms in total. The lowest BCUT2D eigenvalue weighted by Crippen LogP contribution is -2.40. The third-order valence-electron chi connectivity index (χ3n) is 5.81. The summed E-state index contributed by atoms with van der Waals surface area (Å²) in [6, 6.07) is 22.3. The third kappa shape index (κ3) is 4.13. The van der Waals surface area contributed by atoms with Crippen molar-refractivity contribution in [2.75, 3.05) is 13.1 Å². The lowest BCUT2D eigenvalue weighted by molar-refractivity contribution is -0.000268. The number of ether oxygens (including phenoxy) is 1. The lowest BCUT2D eigenvalue weighted by atomic mass is 10.1. The molecule has 1 amide bonds. The summed E-state index contributed by atoms with van der Waals surface area (Å²) in [5, 5.41) is 5.73. The zero-order valence-electron chi connectivity index (χ0n) is 17.5. The SMILES string of the molecule is Cc1nn(-c2ccccc2)c2sc(C(=O)N3CCC(OCc4ccccc4)CC3)cc12. The van der Waals surface area contributed by atoms with Gasteiger partial charge in [0.15, 0.2) is 0 Å². The smallest absolute Gasteiger partial charge is 0.264 e. The second kappa shape index (κ2) is 8.65. The quantitative estimate of drug-likeness (QED) is 0.435. The van der Waals surface area contributed by atoms with E-state index in [1.807, 2.05) is 71.1 Å². The molecule has 0 bridgehead atoms. The predicted octanol–water partition coefficient (Wildman–Crippen LogP) is 5.22. The van der Waals surface area contributed by atoms with Gasteiger partial charge >= 0.3 is 0 Å². The third-order valence-corrected chi connectivity index (χ3v) is 6.91. The molecule has 6 heteroatoms. The maximum atomic E-state index is 13.2. The van der Waals surface area contributed by atoms with Gasteiger partial charge in [0.1, 0.15) is 4.83 Å². The van der Waals surface area contributed by atoms with E-state index >= 15 is 0 Å². The van der Waals surface area contributed by atoms with Gasteiger partial charge in [-0.2, -0.15) is 5.10 Å². The number of rotatable bonds is 5. The van der Waals surface area contributed by atoms with Gasteiger partial charge in [-0.1, -0.05) is 48.5 Å². The fourth-order valence-corrected chi connectivity index (χ4v) is 5.22. The minimum Gasteiger partial charge on any atom is -0.373 e. The van der Waals surface area contributed by atoms with Gasteiger partial charge in [0.2, 0.25) is 0 Å². The van der Waals surface area contributed by atoms with Crippen molar-refractivity contribution in [1.29, 1.82) is 0 Å². The number of carbonyl (C=O) groups is 1. The number of aromatic nitrogens is 2. The first-order chi connectivity index (χ1) is 15.2. The molecular weight excluding hydrogens is 406 g/mol. The molecule has 1 fully saturated rings. The number of fused-ring (bicyclic) bond motifs is 1. The summed E-state index contributed by atoms with van der Waals surface area (Å²) in [5.41, 5.74) is 3.15. The number of aryl methyl sites for hydroxylation is 1. The number of carbonyl (C=O) groups excluding carboxylic acids is 1. The molecular formula is C25H25N3O2S. The number of para-hydroxylation sites is 1. The van der Waals surface area contributed by atoms with Crippen molar-refractivity contribution < 1.29 is 9.53 Å². The van der Waals surface area contributed by atoms with Gasteiger partial charge in [0.05, 0.1) is 29.0 Å². The zero-order chi connectivity index (χ0) is 21.2. The van der Waals surface area contributed by atoms with Crippen LogP contribution in [0.5, 0.6) is 0 Å². The van der Waals surface area contributed by atoms with Crippen LogP contribution in [-0.2, 0) is 11.3 Å². The molecule has 2 aromatic heterocycles. The Bertz CT molecular complexity index is 1180. The zero-order valence-corrected chi connectivity index (χ0v) is 18.3. The molecule has 4 aromatic rings. The Hall–Kier alpha value is -2.96. The maximum Gasteiger partial charge on any atom is 0.264 e. The second-order valence-electron chi connectivity index (χ2n) is 7.95. The van der Waals surface area contributed by atoms with Crippen LogP contribution in [0.2, 0.25) is 0 Å². The summed E-state index contributed by atoms with van der Waals surface area (Å²) in [6.07, 6.45) is 1.96. The molecule has 0 N–H and O–H groups in total. The number of benzene rings is 2. The molecule has 1 aliphatic rings.